The predicted octanol–water partition coefficient (Wildman–Crippen LogP) is 17.7. The topological polar surface area (TPSA) is 134 Å². The van der Waals surface area contributed by atoms with Gasteiger partial charge in [0.05, 0.1) is 13.2 Å². The van der Waals surface area contributed by atoms with E-state index in [0.717, 1.165) is 83.5 Å². The van der Waals surface area contributed by atoms with Crippen molar-refractivity contribution >= 4 is 19.8 Å². The third-order valence-electron chi connectivity index (χ3n) is 12.1. The molecule has 0 fully saturated rings. The second-order valence-electron chi connectivity index (χ2n) is 18.8. The molecule has 0 aromatic heterocycles. The summed E-state index contributed by atoms with van der Waals surface area (Å²) in [5.41, 5.74) is 5.38. The summed E-state index contributed by atoms with van der Waals surface area (Å²) < 4.78 is 33.0. The van der Waals surface area contributed by atoms with Crippen LogP contribution in [0.15, 0.2) is 72.9 Å². The van der Waals surface area contributed by atoms with Gasteiger partial charge in [-0.25, -0.2) is 4.57 Å². The first-order chi connectivity index (χ1) is 33.8. The van der Waals surface area contributed by atoms with Crippen LogP contribution in [0.25, 0.3) is 0 Å². The van der Waals surface area contributed by atoms with Crippen LogP contribution >= 0.6 is 7.82 Å². The van der Waals surface area contributed by atoms with Crippen LogP contribution in [0.4, 0.5) is 0 Å². The van der Waals surface area contributed by atoms with Gasteiger partial charge in [0, 0.05) is 19.4 Å². The van der Waals surface area contributed by atoms with E-state index in [1.165, 1.54) is 141 Å². The Hall–Kier alpha value is -2.55. The maximum absolute atomic E-state index is 12.7. The number of carbonyl (C=O) groups is 2. The summed E-state index contributed by atoms with van der Waals surface area (Å²) in [6, 6.07) is 0. The van der Waals surface area contributed by atoms with E-state index in [0.29, 0.717) is 6.42 Å². The van der Waals surface area contributed by atoms with Gasteiger partial charge in [-0.15, -0.1) is 0 Å². The summed E-state index contributed by atoms with van der Waals surface area (Å²) in [5.74, 6) is -0.836. The number of ether oxygens (including phenoxy) is 2. The van der Waals surface area contributed by atoms with Crippen molar-refractivity contribution in [1.29, 1.82) is 0 Å². The number of phosphoric acid groups is 1. The normalized spacial score (nSPS) is 13.6. The summed E-state index contributed by atoms with van der Waals surface area (Å²) >= 11 is 0. The van der Waals surface area contributed by atoms with E-state index in [-0.39, 0.29) is 32.6 Å². The van der Waals surface area contributed by atoms with Gasteiger partial charge in [0.15, 0.2) is 6.10 Å². The average Bonchev–Trinajstić information content (AvgIpc) is 3.34. The van der Waals surface area contributed by atoms with Crippen LogP contribution < -0.4 is 5.73 Å². The fourth-order valence-electron chi connectivity index (χ4n) is 7.89. The molecule has 2 unspecified atom stereocenters. The number of unbranched alkanes of at least 4 members (excludes halogenated alkanes) is 28. The van der Waals surface area contributed by atoms with Crippen LogP contribution in [0.5, 0.6) is 0 Å². The highest BCUT2D eigenvalue weighted by atomic mass is 31.2. The van der Waals surface area contributed by atoms with Crippen LogP contribution in [0.3, 0.4) is 0 Å². The van der Waals surface area contributed by atoms with Crippen molar-refractivity contribution in [3.05, 3.63) is 72.9 Å². The van der Waals surface area contributed by atoms with E-state index >= 15 is 0 Å². The molecule has 0 heterocycles. The van der Waals surface area contributed by atoms with E-state index in [4.69, 9.17) is 24.3 Å². The molecule has 0 aliphatic rings. The van der Waals surface area contributed by atoms with E-state index in [1.54, 1.807) is 0 Å². The lowest BCUT2D eigenvalue weighted by Crippen LogP contribution is -2.29. The van der Waals surface area contributed by atoms with Crippen molar-refractivity contribution in [2.75, 3.05) is 26.4 Å². The minimum atomic E-state index is -4.39. The lowest BCUT2D eigenvalue weighted by molar-refractivity contribution is -0.161. The lowest BCUT2D eigenvalue weighted by Gasteiger charge is -2.19. The maximum Gasteiger partial charge on any atom is 0.472 e. The van der Waals surface area contributed by atoms with Crippen molar-refractivity contribution in [2.24, 2.45) is 5.73 Å². The zero-order valence-corrected chi connectivity index (χ0v) is 45.4. The Morgan fingerprint density at radius 3 is 1.19 bits per heavy atom. The molecule has 0 aromatic carbocycles. The smallest absolute Gasteiger partial charge is 0.462 e. The Kier molecular flexibility index (Phi) is 52.8. The molecule has 0 bridgehead atoms. The SMILES string of the molecule is CC/C=C\C/C=C\C/C=C\CCCCCCCCCC(=O)OCC(COP(=O)(O)OCCN)OC(=O)CCCCCCCCCCCCCCCCCC/C=C\C/C=C\C/C=C\CCCCCCC. The van der Waals surface area contributed by atoms with E-state index in [2.05, 4.69) is 86.8 Å². The number of carbonyl (C=O) groups excluding carboxylic acids is 2. The molecule has 2 atom stereocenters. The molecule has 0 spiro atoms. The van der Waals surface area contributed by atoms with E-state index < -0.39 is 32.5 Å². The third-order valence-corrected chi connectivity index (χ3v) is 13.1. The van der Waals surface area contributed by atoms with Gasteiger partial charge in [0.2, 0.25) is 0 Å². The molecule has 10 heteroatoms. The number of allylic oxidation sites excluding steroid dienone is 12. The third kappa shape index (κ3) is 54.6. The Balaban J connectivity index is 3.94. The van der Waals surface area contributed by atoms with E-state index in [1.807, 2.05) is 0 Å². The minimum absolute atomic E-state index is 0.0499. The van der Waals surface area contributed by atoms with Gasteiger partial charge in [-0.2, -0.15) is 0 Å². The van der Waals surface area contributed by atoms with E-state index in [9.17, 15) is 19.0 Å². The van der Waals surface area contributed by atoms with Gasteiger partial charge in [0.1, 0.15) is 6.61 Å². The first-order valence-corrected chi connectivity index (χ1v) is 29.9. The van der Waals surface area contributed by atoms with Crippen LogP contribution in [0.1, 0.15) is 258 Å². The molecule has 0 amide bonds. The molecule has 69 heavy (non-hydrogen) atoms. The van der Waals surface area contributed by atoms with Crippen molar-refractivity contribution in [3.63, 3.8) is 0 Å². The lowest BCUT2D eigenvalue weighted by atomic mass is 10.0. The van der Waals surface area contributed by atoms with Crippen LogP contribution in [0, 0.1) is 0 Å². The second-order valence-corrected chi connectivity index (χ2v) is 20.2. The molecular formula is C59H106NO8P. The molecule has 0 aliphatic heterocycles. The van der Waals surface area contributed by atoms with Gasteiger partial charge < -0.3 is 20.1 Å². The Bertz CT molecular complexity index is 1360. The highest BCUT2D eigenvalue weighted by molar-refractivity contribution is 7.47. The van der Waals surface area contributed by atoms with Crippen LogP contribution in [-0.4, -0.2) is 49.3 Å². The molecule has 0 rings (SSSR count). The summed E-state index contributed by atoms with van der Waals surface area (Å²) in [6.45, 7) is 3.62. The fourth-order valence-corrected chi connectivity index (χ4v) is 8.66. The highest BCUT2D eigenvalue weighted by Crippen LogP contribution is 2.43. The molecule has 3 N–H and O–H groups in total. The molecule has 0 radical (unpaired) electrons. The largest absolute Gasteiger partial charge is 0.472 e. The molecule has 0 saturated carbocycles. The summed E-state index contributed by atoms with van der Waals surface area (Å²) in [6.07, 6.45) is 69.6. The number of hydrogen-bond acceptors (Lipinski definition) is 8. The van der Waals surface area contributed by atoms with Gasteiger partial charge in [-0.1, -0.05) is 234 Å². The van der Waals surface area contributed by atoms with Gasteiger partial charge in [-0.3, -0.25) is 18.6 Å². The maximum atomic E-state index is 12.7. The molecule has 0 saturated heterocycles. The van der Waals surface area contributed by atoms with Gasteiger partial charge in [0.25, 0.3) is 0 Å². The Morgan fingerprint density at radius 2 is 0.797 bits per heavy atom. The van der Waals surface area contributed by atoms with Gasteiger partial charge in [-0.05, 0) is 83.5 Å². The minimum Gasteiger partial charge on any atom is -0.462 e. The quantitative estimate of drug-likeness (QED) is 0.0264. The van der Waals surface area contributed by atoms with Crippen molar-refractivity contribution in [3.8, 4) is 0 Å². The first kappa shape index (κ1) is 66.5. The summed E-state index contributed by atoms with van der Waals surface area (Å²) in [5, 5.41) is 0. The second kappa shape index (κ2) is 54.8. The number of hydrogen-bond donors (Lipinski definition) is 2. The molecule has 0 aliphatic carbocycles. The molecular weight excluding hydrogens is 882 g/mol. The number of phosphoric ester groups is 1. The zero-order chi connectivity index (χ0) is 50.2. The standard InChI is InChI=1S/C59H106NO8P/c1-3-5-7-9-11-13-15-17-19-21-22-23-24-25-26-27-28-29-30-31-32-33-34-36-38-40-42-44-46-48-50-52-59(62)68-57(56-67-69(63,64)66-54-53-60)55-65-58(61)51-49-47-45-43-41-39-37-35-20-18-16-14-12-10-8-6-4-2/h6,8,12,14-15,17-18,20-22,24-25,57H,3-5,7,9-11,13,16,19,23,26-56,60H2,1-2H3,(H,63,64)/b8-6-,14-12-,17-15-,20-18-,22-21-,25-24-. The van der Waals surface area contributed by atoms with Crippen LogP contribution in [0.2, 0.25) is 0 Å². The van der Waals surface area contributed by atoms with Crippen molar-refractivity contribution < 1.29 is 37.6 Å². The Labute approximate surface area is 424 Å². The van der Waals surface area contributed by atoms with Crippen molar-refractivity contribution in [1.82, 2.24) is 0 Å². The Morgan fingerprint density at radius 1 is 0.449 bits per heavy atom. The summed E-state index contributed by atoms with van der Waals surface area (Å²) in [7, 11) is -4.39. The van der Waals surface area contributed by atoms with Crippen molar-refractivity contribution in [2.45, 2.75) is 264 Å². The highest BCUT2D eigenvalue weighted by Gasteiger charge is 2.26. The molecule has 9 nitrogen and oxygen atoms in total. The monoisotopic (exact) mass is 988 g/mol. The number of esters is 2. The number of nitrogens with two attached hydrogens (primary N) is 1. The zero-order valence-electron chi connectivity index (χ0n) is 44.5. The summed E-state index contributed by atoms with van der Waals surface area (Å²) in [4.78, 5) is 35.1. The average molecular weight is 988 g/mol. The predicted molar refractivity (Wildman–Crippen MR) is 293 cm³/mol. The molecule has 400 valence electrons. The fraction of sp³-hybridized carbons (Fsp3) is 0.763. The van der Waals surface area contributed by atoms with Crippen LogP contribution in [-0.2, 0) is 32.7 Å². The first-order valence-electron chi connectivity index (χ1n) is 28.4. The molecule has 0 aromatic rings. The number of rotatable bonds is 53. The van der Waals surface area contributed by atoms with Gasteiger partial charge >= 0.3 is 19.8 Å².